The van der Waals surface area contributed by atoms with Crippen molar-refractivity contribution >= 4 is 34.1 Å². The number of hydrogen-bond acceptors (Lipinski definition) is 3. The highest BCUT2D eigenvalue weighted by molar-refractivity contribution is 6.34. The maximum absolute atomic E-state index is 12.3. The Morgan fingerprint density at radius 1 is 1.07 bits per heavy atom. The molecule has 0 radical (unpaired) electrons. The molecular formula is C23H23N3O2. The van der Waals surface area contributed by atoms with Gasteiger partial charge in [-0.25, -0.2) is 0 Å². The first kappa shape index (κ1) is 17.1. The lowest BCUT2D eigenvalue weighted by molar-refractivity contribution is -0.110. The predicted octanol–water partition coefficient (Wildman–Crippen LogP) is 4.14. The Balaban J connectivity index is 1.34. The molecule has 3 heterocycles. The molecule has 2 aliphatic heterocycles. The molecule has 28 heavy (non-hydrogen) atoms. The summed E-state index contributed by atoms with van der Waals surface area (Å²) in [7, 11) is 0. The molecule has 1 amide bonds. The largest absolute Gasteiger partial charge is 0.492 e. The van der Waals surface area contributed by atoms with E-state index in [4.69, 9.17) is 4.74 Å². The summed E-state index contributed by atoms with van der Waals surface area (Å²) in [5.41, 5.74) is 4.43. The summed E-state index contributed by atoms with van der Waals surface area (Å²) in [6.07, 6.45) is 4.52. The minimum Gasteiger partial charge on any atom is -0.492 e. The third-order valence-corrected chi connectivity index (χ3v) is 5.50. The van der Waals surface area contributed by atoms with Crippen LogP contribution in [0.3, 0.4) is 0 Å². The van der Waals surface area contributed by atoms with Gasteiger partial charge in [0.2, 0.25) is 0 Å². The summed E-state index contributed by atoms with van der Waals surface area (Å²) in [6.45, 7) is 4.07. The Kier molecular flexibility index (Phi) is 4.37. The molecule has 0 bridgehead atoms. The number of aromatic nitrogens is 1. The number of carbonyl (C=O) groups excluding carboxylic acids is 1. The second-order valence-electron chi connectivity index (χ2n) is 7.43. The molecule has 0 unspecified atom stereocenters. The number of H-pyrrole nitrogens is 1. The molecule has 0 saturated carbocycles. The van der Waals surface area contributed by atoms with Crippen molar-refractivity contribution in [3.8, 4) is 5.75 Å². The first-order chi connectivity index (χ1) is 13.8. The van der Waals surface area contributed by atoms with Crippen LogP contribution in [0.15, 0.2) is 48.5 Å². The number of rotatable bonds is 5. The summed E-state index contributed by atoms with van der Waals surface area (Å²) in [6, 6.07) is 15.9. The van der Waals surface area contributed by atoms with E-state index in [2.05, 4.69) is 27.3 Å². The van der Waals surface area contributed by atoms with Crippen LogP contribution in [0, 0.1) is 0 Å². The third-order valence-electron chi connectivity index (χ3n) is 5.50. The lowest BCUT2D eigenvalue weighted by Gasteiger charge is -2.14. The minimum absolute atomic E-state index is 0.0641. The van der Waals surface area contributed by atoms with Crippen molar-refractivity contribution in [2.75, 3.05) is 31.6 Å². The Labute approximate surface area is 164 Å². The van der Waals surface area contributed by atoms with Gasteiger partial charge in [-0.1, -0.05) is 18.2 Å². The van der Waals surface area contributed by atoms with Crippen LogP contribution < -0.4 is 10.1 Å². The molecule has 1 saturated heterocycles. The summed E-state index contributed by atoms with van der Waals surface area (Å²) < 4.78 is 5.95. The van der Waals surface area contributed by atoms with Gasteiger partial charge in [0.15, 0.2) is 0 Å². The number of hydrogen-bond donors (Lipinski definition) is 2. The predicted molar refractivity (Wildman–Crippen MR) is 112 cm³/mol. The number of para-hydroxylation sites is 1. The van der Waals surface area contributed by atoms with Crippen LogP contribution in [0.25, 0.3) is 22.6 Å². The fourth-order valence-electron chi connectivity index (χ4n) is 4.04. The number of amides is 1. The highest BCUT2D eigenvalue weighted by atomic mass is 16.5. The van der Waals surface area contributed by atoms with Gasteiger partial charge in [0, 0.05) is 34.4 Å². The van der Waals surface area contributed by atoms with E-state index in [-0.39, 0.29) is 5.91 Å². The van der Waals surface area contributed by atoms with Crippen LogP contribution in [-0.4, -0.2) is 42.0 Å². The van der Waals surface area contributed by atoms with E-state index in [1.165, 1.54) is 25.9 Å². The van der Waals surface area contributed by atoms with Crippen molar-refractivity contribution in [2.24, 2.45) is 0 Å². The van der Waals surface area contributed by atoms with Crippen molar-refractivity contribution < 1.29 is 9.53 Å². The van der Waals surface area contributed by atoms with Crippen LogP contribution in [-0.2, 0) is 4.79 Å². The fraction of sp³-hybridized carbons (Fsp3) is 0.261. The molecule has 0 aliphatic carbocycles. The number of ether oxygens (including phenoxy) is 1. The summed E-state index contributed by atoms with van der Waals surface area (Å²) >= 11 is 0. The van der Waals surface area contributed by atoms with Crippen molar-refractivity contribution in [3.63, 3.8) is 0 Å². The van der Waals surface area contributed by atoms with E-state index >= 15 is 0 Å². The SMILES string of the molecule is O=C1Nc2ccccc2/C1=C\c1cc2cc(OCCN3CCCC3)ccc2[nH]1. The molecule has 0 atom stereocenters. The average Bonchev–Trinajstić information content (AvgIpc) is 3.41. The van der Waals surface area contributed by atoms with Gasteiger partial charge in [-0.2, -0.15) is 0 Å². The Morgan fingerprint density at radius 3 is 2.82 bits per heavy atom. The monoisotopic (exact) mass is 373 g/mol. The molecule has 142 valence electrons. The van der Waals surface area contributed by atoms with Crippen molar-refractivity contribution in [3.05, 3.63) is 59.8 Å². The number of benzene rings is 2. The molecule has 5 heteroatoms. The van der Waals surface area contributed by atoms with E-state index in [1.807, 2.05) is 42.5 Å². The summed E-state index contributed by atoms with van der Waals surface area (Å²) in [5, 5.41) is 3.99. The van der Waals surface area contributed by atoms with Crippen LogP contribution in [0.5, 0.6) is 5.75 Å². The molecule has 1 fully saturated rings. The smallest absolute Gasteiger partial charge is 0.256 e. The minimum atomic E-state index is -0.0641. The quantitative estimate of drug-likeness (QED) is 0.661. The van der Waals surface area contributed by atoms with Gasteiger partial charge in [0.1, 0.15) is 12.4 Å². The standard InChI is InChI=1S/C23H23N3O2/c27-23-20(19-5-1-2-6-22(19)25-23)15-17-13-16-14-18(7-8-21(16)24-17)28-12-11-26-9-3-4-10-26/h1-2,5-8,13-15,24H,3-4,9-12H2,(H,25,27)/b20-15+. The van der Waals surface area contributed by atoms with Crippen LogP contribution in [0.4, 0.5) is 5.69 Å². The number of anilines is 1. The van der Waals surface area contributed by atoms with Crippen molar-refractivity contribution in [1.29, 1.82) is 0 Å². The molecule has 2 aromatic carbocycles. The summed E-state index contributed by atoms with van der Waals surface area (Å²) in [5.74, 6) is 0.819. The summed E-state index contributed by atoms with van der Waals surface area (Å²) in [4.78, 5) is 18.1. The second kappa shape index (κ2) is 7.17. The van der Waals surface area contributed by atoms with Crippen LogP contribution >= 0.6 is 0 Å². The maximum atomic E-state index is 12.3. The normalized spacial score (nSPS) is 18.0. The van der Waals surface area contributed by atoms with E-state index in [0.29, 0.717) is 12.2 Å². The molecule has 3 aromatic rings. The van der Waals surface area contributed by atoms with Crippen molar-refractivity contribution in [2.45, 2.75) is 12.8 Å². The van der Waals surface area contributed by atoms with E-state index in [9.17, 15) is 4.79 Å². The average molecular weight is 373 g/mol. The van der Waals surface area contributed by atoms with Crippen LogP contribution in [0.2, 0.25) is 0 Å². The topological polar surface area (TPSA) is 57.4 Å². The van der Waals surface area contributed by atoms with Gasteiger partial charge in [-0.3, -0.25) is 9.69 Å². The van der Waals surface area contributed by atoms with E-state index in [1.54, 1.807) is 0 Å². The Bertz CT molecular complexity index is 1060. The number of carbonyl (C=O) groups is 1. The van der Waals surface area contributed by atoms with Gasteiger partial charge in [0.25, 0.3) is 5.91 Å². The second-order valence-corrected chi connectivity index (χ2v) is 7.43. The molecule has 2 aliphatic rings. The molecule has 2 N–H and O–H groups in total. The number of aromatic amines is 1. The Hall–Kier alpha value is -3.05. The molecule has 5 rings (SSSR count). The number of likely N-dealkylation sites (tertiary alicyclic amines) is 1. The van der Waals surface area contributed by atoms with E-state index in [0.717, 1.165) is 40.1 Å². The zero-order valence-corrected chi connectivity index (χ0v) is 15.7. The zero-order valence-electron chi connectivity index (χ0n) is 15.7. The number of fused-ring (bicyclic) bond motifs is 2. The van der Waals surface area contributed by atoms with Gasteiger partial charge < -0.3 is 15.0 Å². The number of nitrogens with zero attached hydrogens (tertiary/aromatic N) is 1. The first-order valence-electron chi connectivity index (χ1n) is 9.87. The maximum Gasteiger partial charge on any atom is 0.256 e. The molecule has 5 nitrogen and oxygen atoms in total. The molecule has 1 aromatic heterocycles. The van der Waals surface area contributed by atoms with Gasteiger partial charge >= 0.3 is 0 Å². The molecule has 0 spiro atoms. The van der Waals surface area contributed by atoms with Gasteiger partial charge in [0.05, 0.1) is 5.57 Å². The van der Waals surface area contributed by atoms with E-state index < -0.39 is 0 Å². The lowest BCUT2D eigenvalue weighted by atomic mass is 10.1. The first-order valence-corrected chi connectivity index (χ1v) is 9.87. The Morgan fingerprint density at radius 2 is 1.93 bits per heavy atom. The van der Waals surface area contributed by atoms with Gasteiger partial charge in [-0.15, -0.1) is 0 Å². The third kappa shape index (κ3) is 3.29. The molecular weight excluding hydrogens is 350 g/mol. The lowest BCUT2D eigenvalue weighted by Crippen LogP contribution is -2.25. The van der Waals surface area contributed by atoms with Crippen LogP contribution in [0.1, 0.15) is 24.1 Å². The fourth-order valence-corrected chi connectivity index (χ4v) is 4.04. The number of nitrogens with one attached hydrogen (secondary N) is 2. The highest BCUT2D eigenvalue weighted by Gasteiger charge is 2.23. The van der Waals surface area contributed by atoms with Gasteiger partial charge in [-0.05, 0) is 62.3 Å². The zero-order chi connectivity index (χ0) is 18.9. The van der Waals surface area contributed by atoms with Crippen molar-refractivity contribution in [1.82, 2.24) is 9.88 Å². The highest BCUT2D eigenvalue weighted by Crippen LogP contribution is 2.33.